The van der Waals surface area contributed by atoms with Crippen LogP contribution in [0.3, 0.4) is 0 Å². The van der Waals surface area contributed by atoms with Gasteiger partial charge < -0.3 is 0 Å². The number of nitrogens with one attached hydrogen (secondary N) is 1. The highest BCUT2D eigenvalue weighted by Gasteiger charge is 1.90. The Morgan fingerprint density at radius 1 is 1.89 bits per heavy atom. The van der Waals surface area contributed by atoms with Gasteiger partial charge in [-0.25, -0.2) is 0 Å². The fourth-order valence-corrected chi connectivity index (χ4v) is 1.07. The molecule has 0 fully saturated rings. The van der Waals surface area contributed by atoms with E-state index in [1.165, 1.54) is 0 Å². The first-order valence-corrected chi connectivity index (χ1v) is 3.79. The van der Waals surface area contributed by atoms with Gasteiger partial charge in [0.05, 0.1) is 5.03 Å². The first-order chi connectivity index (χ1) is 4.43. The Labute approximate surface area is 59.0 Å². The number of hydrogen-bond donors (Lipinski definition) is 1. The standard InChI is InChI=1S/C6H9N2S/c1-2-5-9-6-3-4-7-8-6/h3-5H,2H2,1H3,(H,7,8). The molecule has 0 saturated heterocycles. The highest BCUT2D eigenvalue weighted by molar-refractivity contribution is 8.01. The number of H-pyrrole nitrogens is 1. The maximum absolute atomic E-state index is 3.81. The van der Waals surface area contributed by atoms with Crippen molar-refractivity contribution >= 4 is 11.8 Å². The van der Waals surface area contributed by atoms with Crippen molar-refractivity contribution in [2.75, 3.05) is 0 Å². The molecule has 0 bridgehead atoms. The van der Waals surface area contributed by atoms with Crippen molar-refractivity contribution in [1.82, 2.24) is 10.2 Å². The Bertz CT molecular complexity index is 148. The van der Waals surface area contributed by atoms with Gasteiger partial charge >= 0.3 is 0 Å². The van der Waals surface area contributed by atoms with Crippen LogP contribution in [0.5, 0.6) is 0 Å². The largest absolute Gasteiger partial charge is 0.272 e. The molecule has 0 aromatic carbocycles. The predicted octanol–water partition coefficient (Wildman–Crippen LogP) is 2.07. The van der Waals surface area contributed by atoms with E-state index >= 15 is 0 Å². The minimum atomic E-state index is 1.09. The number of rotatable bonds is 3. The molecule has 0 spiro atoms. The molecule has 0 atom stereocenters. The third-order valence-corrected chi connectivity index (χ3v) is 1.83. The van der Waals surface area contributed by atoms with Crippen molar-refractivity contribution in [3.63, 3.8) is 0 Å². The van der Waals surface area contributed by atoms with Crippen LogP contribution in [-0.4, -0.2) is 10.2 Å². The van der Waals surface area contributed by atoms with Gasteiger partial charge in [-0.05, 0) is 12.5 Å². The lowest BCUT2D eigenvalue weighted by atomic mass is 10.6. The average Bonchev–Trinajstić information content (AvgIpc) is 2.34. The summed E-state index contributed by atoms with van der Waals surface area (Å²) in [6.07, 6.45) is 2.84. The molecule has 1 heterocycles. The molecule has 0 aliphatic carbocycles. The van der Waals surface area contributed by atoms with Crippen LogP contribution < -0.4 is 0 Å². The lowest BCUT2D eigenvalue weighted by Gasteiger charge is -1.89. The molecule has 1 radical (unpaired) electrons. The van der Waals surface area contributed by atoms with Gasteiger partial charge in [-0.2, -0.15) is 5.10 Å². The van der Waals surface area contributed by atoms with E-state index in [-0.39, 0.29) is 0 Å². The second kappa shape index (κ2) is 3.56. The summed E-state index contributed by atoms with van der Waals surface area (Å²) in [5, 5.41) is 7.77. The van der Waals surface area contributed by atoms with Crippen LogP contribution in [0.15, 0.2) is 17.3 Å². The van der Waals surface area contributed by atoms with E-state index in [1.807, 2.05) is 6.07 Å². The molecule has 0 aliphatic rings. The fourth-order valence-electron chi connectivity index (χ4n) is 0.482. The zero-order valence-corrected chi connectivity index (χ0v) is 6.11. The molecule has 2 nitrogen and oxygen atoms in total. The molecular weight excluding hydrogens is 132 g/mol. The second-order valence-corrected chi connectivity index (χ2v) is 2.62. The molecule has 0 saturated carbocycles. The van der Waals surface area contributed by atoms with Gasteiger partial charge in [0.1, 0.15) is 0 Å². The van der Waals surface area contributed by atoms with Crippen LogP contribution in [0.4, 0.5) is 0 Å². The Morgan fingerprint density at radius 3 is 3.33 bits per heavy atom. The number of aromatic amines is 1. The van der Waals surface area contributed by atoms with E-state index in [0.29, 0.717) is 0 Å². The van der Waals surface area contributed by atoms with Gasteiger partial charge in [0, 0.05) is 11.9 Å². The van der Waals surface area contributed by atoms with Crippen LogP contribution >= 0.6 is 11.8 Å². The van der Waals surface area contributed by atoms with Crippen molar-refractivity contribution in [3.05, 3.63) is 18.0 Å². The molecule has 0 unspecified atom stereocenters. The number of thioether (sulfide) groups is 1. The van der Waals surface area contributed by atoms with E-state index in [4.69, 9.17) is 0 Å². The van der Waals surface area contributed by atoms with Crippen LogP contribution in [0.2, 0.25) is 0 Å². The van der Waals surface area contributed by atoms with Gasteiger partial charge in [0.15, 0.2) is 0 Å². The maximum Gasteiger partial charge on any atom is 0.0910 e. The number of aromatic nitrogens is 2. The minimum Gasteiger partial charge on any atom is -0.272 e. The molecule has 0 aliphatic heterocycles. The van der Waals surface area contributed by atoms with Gasteiger partial charge in [0.25, 0.3) is 0 Å². The van der Waals surface area contributed by atoms with Crippen LogP contribution in [-0.2, 0) is 0 Å². The van der Waals surface area contributed by atoms with Crippen molar-refractivity contribution in [1.29, 1.82) is 0 Å². The van der Waals surface area contributed by atoms with E-state index in [1.54, 1.807) is 18.0 Å². The van der Waals surface area contributed by atoms with Crippen molar-refractivity contribution in [2.24, 2.45) is 0 Å². The summed E-state index contributed by atoms with van der Waals surface area (Å²) in [6.45, 7) is 2.11. The highest BCUT2D eigenvalue weighted by atomic mass is 32.2. The quantitative estimate of drug-likeness (QED) is 0.653. The normalized spacial score (nSPS) is 9.89. The van der Waals surface area contributed by atoms with Gasteiger partial charge in [0.2, 0.25) is 0 Å². The van der Waals surface area contributed by atoms with E-state index in [2.05, 4.69) is 22.9 Å². The lowest BCUT2D eigenvalue weighted by molar-refractivity contribution is 1.00. The molecule has 1 rings (SSSR count). The van der Waals surface area contributed by atoms with Crippen molar-refractivity contribution in [3.8, 4) is 0 Å². The third kappa shape index (κ3) is 2.10. The van der Waals surface area contributed by atoms with Crippen LogP contribution in [0.1, 0.15) is 13.3 Å². The molecular formula is C6H9N2S. The van der Waals surface area contributed by atoms with Gasteiger partial charge in [-0.15, -0.1) is 11.8 Å². The molecule has 1 N–H and O–H groups in total. The van der Waals surface area contributed by atoms with E-state index < -0.39 is 0 Å². The summed E-state index contributed by atoms with van der Waals surface area (Å²) in [4.78, 5) is 0. The molecule has 3 heteroatoms. The number of hydrogen-bond acceptors (Lipinski definition) is 2. The molecule has 1 aromatic heterocycles. The zero-order chi connectivity index (χ0) is 6.53. The zero-order valence-electron chi connectivity index (χ0n) is 5.29. The second-order valence-electron chi connectivity index (χ2n) is 1.61. The summed E-state index contributed by atoms with van der Waals surface area (Å²) < 4.78 is 0. The molecule has 9 heavy (non-hydrogen) atoms. The SMILES string of the molecule is CC[CH]Sc1ccn[nH]1. The highest BCUT2D eigenvalue weighted by Crippen LogP contribution is 2.17. The first-order valence-electron chi connectivity index (χ1n) is 2.91. The smallest absolute Gasteiger partial charge is 0.0910 e. The molecule has 1 aromatic rings. The third-order valence-electron chi connectivity index (χ3n) is 0.852. The Kier molecular flexibility index (Phi) is 2.64. The average molecular weight is 141 g/mol. The summed E-state index contributed by atoms with van der Waals surface area (Å²) >= 11 is 1.68. The predicted molar refractivity (Wildman–Crippen MR) is 39.0 cm³/mol. The van der Waals surface area contributed by atoms with Crippen molar-refractivity contribution < 1.29 is 0 Å². The lowest BCUT2D eigenvalue weighted by Crippen LogP contribution is -1.69. The monoisotopic (exact) mass is 141 g/mol. The van der Waals surface area contributed by atoms with Gasteiger partial charge in [-0.3, -0.25) is 5.10 Å². The van der Waals surface area contributed by atoms with Crippen LogP contribution in [0.25, 0.3) is 0 Å². The van der Waals surface area contributed by atoms with Crippen molar-refractivity contribution in [2.45, 2.75) is 18.4 Å². The number of nitrogens with zero attached hydrogens (tertiary/aromatic N) is 1. The summed E-state index contributed by atoms with van der Waals surface area (Å²) in [6, 6.07) is 1.96. The summed E-state index contributed by atoms with van der Waals surface area (Å²) in [5.41, 5.74) is 0. The molecule has 0 amide bonds. The first kappa shape index (κ1) is 6.68. The Hall–Kier alpha value is -0.440. The topological polar surface area (TPSA) is 28.7 Å². The summed E-state index contributed by atoms with van der Waals surface area (Å²) in [7, 11) is 0. The maximum atomic E-state index is 3.81. The Morgan fingerprint density at radius 2 is 2.78 bits per heavy atom. The van der Waals surface area contributed by atoms with E-state index in [0.717, 1.165) is 11.4 Å². The summed E-state index contributed by atoms with van der Waals surface area (Å²) in [5.74, 6) is 2.13. The Balaban J connectivity index is 2.30. The van der Waals surface area contributed by atoms with Crippen LogP contribution in [0, 0.1) is 5.75 Å². The molecule has 49 valence electrons. The van der Waals surface area contributed by atoms with Gasteiger partial charge in [-0.1, -0.05) is 6.92 Å². The fraction of sp³-hybridized carbons (Fsp3) is 0.333. The van der Waals surface area contributed by atoms with E-state index in [9.17, 15) is 0 Å². The minimum absolute atomic E-state index is 1.09.